The second-order valence-corrected chi connectivity index (χ2v) is 7.37. The van der Waals surface area contributed by atoms with E-state index >= 15 is 0 Å². The third kappa shape index (κ3) is 5.03. The van der Waals surface area contributed by atoms with Gasteiger partial charge in [0.1, 0.15) is 0 Å². The van der Waals surface area contributed by atoms with E-state index < -0.39 is 21.7 Å². The monoisotopic (exact) mass is 353 g/mol. The van der Waals surface area contributed by atoms with Gasteiger partial charge in [-0.05, 0) is 42.7 Å². The molecule has 6 heteroatoms. The van der Waals surface area contributed by atoms with Crippen LogP contribution in [-0.2, 0) is 16.4 Å². The number of nitrogens with one attached hydrogen (secondary N) is 1. The van der Waals surface area contributed by atoms with Gasteiger partial charge in [-0.3, -0.25) is 4.72 Å². The van der Waals surface area contributed by atoms with Gasteiger partial charge in [-0.25, -0.2) is 17.2 Å². The summed E-state index contributed by atoms with van der Waals surface area (Å²) in [7, 11) is -3.83. The van der Waals surface area contributed by atoms with Crippen LogP contribution in [0, 0.1) is 11.6 Å². The van der Waals surface area contributed by atoms with Crippen molar-refractivity contribution in [3.63, 3.8) is 0 Å². The highest BCUT2D eigenvalue weighted by atomic mass is 32.2. The van der Waals surface area contributed by atoms with E-state index in [0.717, 1.165) is 37.0 Å². The van der Waals surface area contributed by atoms with Gasteiger partial charge in [-0.1, -0.05) is 38.3 Å². The van der Waals surface area contributed by atoms with E-state index in [0.29, 0.717) is 0 Å². The lowest BCUT2D eigenvalue weighted by Gasteiger charge is -2.09. The molecule has 3 nitrogen and oxygen atoms in total. The number of rotatable bonds is 8. The summed E-state index contributed by atoms with van der Waals surface area (Å²) >= 11 is 0. The average molecular weight is 353 g/mol. The standard InChI is InChI=1S/C18H21F2NO2S/c1-2-3-4-5-6-14-7-10-16(11-8-14)24(22,23)21-15-9-12-17(19)18(20)13-15/h7-13,21H,2-6H2,1H3. The molecule has 2 rings (SSSR count). The molecular weight excluding hydrogens is 332 g/mol. The summed E-state index contributed by atoms with van der Waals surface area (Å²) in [6.07, 6.45) is 5.52. The number of halogens is 2. The van der Waals surface area contributed by atoms with Crippen LogP contribution in [0.2, 0.25) is 0 Å². The Balaban J connectivity index is 2.04. The molecule has 0 saturated heterocycles. The van der Waals surface area contributed by atoms with E-state index in [-0.39, 0.29) is 10.6 Å². The summed E-state index contributed by atoms with van der Waals surface area (Å²) in [6, 6.07) is 9.49. The first-order valence-corrected chi connectivity index (χ1v) is 9.47. The number of hydrogen-bond donors (Lipinski definition) is 1. The zero-order valence-electron chi connectivity index (χ0n) is 13.6. The van der Waals surface area contributed by atoms with Crippen molar-refractivity contribution in [3.8, 4) is 0 Å². The van der Waals surface area contributed by atoms with Gasteiger partial charge in [-0.2, -0.15) is 0 Å². The largest absolute Gasteiger partial charge is 0.280 e. The van der Waals surface area contributed by atoms with E-state index in [4.69, 9.17) is 0 Å². The summed E-state index contributed by atoms with van der Waals surface area (Å²) in [5, 5.41) is 0. The van der Waals surface area contributed by atoms with Crippen LogP contribution in [0.1, 0.15) is 38.2 Å². The molecule has 0 saturated carbocycles. The highest BCUT2D eigenvalue weighted by Crippen LogP contribution is 2.19. The molecule has 0 aromatic heterocycles. The van der Waals surface area contributed by atoms with E-state index in [2.05, 4.69) is 11.6 Å². The van der Waals surface area contributed by atoms with Gasteiger partial charge in [0.2, 0.25) is 0 Å². The Morgan fingerprint density at radius 2 is 1.62 bits per heavy atom. The van der Waals surface area contributed by atoms with E-state index in [1.54, 1.807) is 12.1 Å². The molecule has 24 heavy (non-hydrogen) atoms. The van der Waals surface area contributed by atoms with Gasteiger partial charge in [0, 0.05) is 6.07 Å². The number of sulfonamides is 1. The number of hydrogen-bond acceptors (Lipinski definition) is 2. The van der Waals surface area contributed by atoms with Gasteiger partial charge in [0.25, 0.3) is 10.0 Å². The lowest BCUT2D eigenvalue weighted by Crippen LogP contribution is -2.13. The maximum Gasteiger partial charge on any atom is 0.261 e. The van der Waals surface area contributed by atoms with Crippen molar-refractivity contribution in [3.05, 3.63) is 59.7 Å². The third-order valence-electron chi connectivity index (χ3n) is 3.72. The lowest BCUT2D eigenvalue weighted by atomic mass is 10.1. The van der Waals surface area contributed by atoms with Crippen LogP contribution in [-0.4, -0.2) is 8.42 Å². The first-order valence-electron chi connectivity index (χ1n) is 7.99. The summed E-state index contributed by atoms with van der Waals surface area (Å²) in [5.74, 6) is -2.12. The first-order chi connectivity index (χ1) is 11.4. The maximum atomic E-state index is 13.2. The van der Waals surface area contributed by atoms with Crippen LogP contribution >= 0.6 is 0 Å². The third-order valence-corrected chi connectivity index (χ3v) is 5.12. The molecule has 0 spiro atoms. The number of benzene rings is 2. The van der Waals surface area contributed by atoms with Crippen molar-refractivity contribution >= 4 is 15.7 Å². The maximum absolute atomic E-state index is 13.2. The summed E-state index contributed by atoms with van der Waals surface area (Å²) in [6.45, 7) is 2.15. The van der Waals surface area contributed by atoms with E-state index in [1.165, 1.54) is 31.0 Å². The molecule has 0 unspecified atom stereocenters. The molecule has 0 atom stereocenters. The van der Waals surface area contributed by atoms with Crippen molar-refractivity contribution in [2.75, 3.05) is 4.72 Å². The Hall–Kier alpha value is -1.95. The normalized spacial score (nSPS) is 11.5. The lowest BCUT2D eigenvalue weighted by molar-refractivity contribution is 0.509. The van der Waals surface area contributed by atoms with Crippen LogP contribution in [0.3, 0.4) is 0 Å². The van der Waals surface area contributed by atoms with Gasteiger partial charge in [-0.15, -0.1) is 0 Å². The summed E-state index contributed by atoms with van der Waals surface area (Å²) in [5.41, 5.74) is 1.07. The highest BCUT2D eigenvalue weighted by molar-refractivity contribution is 7.92. The fraction of sp³-hybridized carbons (Fsp3) is 0.333. The fourth-order valence-corrected chi connectivity index (χ4v) is 3.41. The predicted molar refractivity (Wildman–Crippen MR) is 91.5 cm³/mol. The molecule has 0 aliphatic heterocycles. The van der Waals surface area contributed by atoms with Crippen molar-refractivity contribution in [2.45, 2.75) is 43.9 Å². The molecule has 0 aliphatic rings. The molecule has 130 valence electrons. The van der Waals surface area contributed by atoms with Crippen molar-refractivity contribution in [1.29, 1.82) is 0 Å². The zero-order valence-corrected chi connectivity index (χ0v) is 14.4. The molecule has 0 bridgehead atoms. The van der Waals surface area contributed by atoms with Crippen LogP contribution in [0.4, 0.5) is 14.5 Å². The minimum absolute atomic E-state index is 0.0162. The predicted octanol–water partition coefficient (Wildman–Crippen LogP) is 4.89. The smallest absolute Gasteiger partial charge is 0.261 e. The summed E-state index contributed by atoms with van der Waals surface area (Å²) < 4.78 is 52.9. The molecule has 0 radical (unpaired) electrons. The quantitative estimate of drug-likeness (QED) is 0.687. The van der Waals surface area contributed by atoms with Crippen LogP contribution in [0.25, 0.3) is 0 Å². The molecule has 0 aliphatic carbocycles. The minimum Gasteiger partial charge on any atom is -0.280 e. The first kappa shape index (κ1) is 18.4. The number of anilines is 1. The Kier molecular flexibility index (Phi) is 6.31. The second-order valence-electron chi connectivity index (χ2n) is 5.69. The van der Waals surface area contributed by atoms with Gasteiger partial charge in [0.05, 0.1) is 10.6 Å². The second kappa shape index (κ2) is 8.24. The van der Waals surface area contributed by atoms with Crippen LogP contribution in [0.5, 0.6) is 0 Å². The van der Waals surface area contributed by atoms with E-state index in [1.807, 2.05) is 0 Å². The highest BCUT2D eigenvalue weighted by Gasteiger charge is 2.15. The van der Waals surface area contributed by atoms with Crippen molar-refractivity contribution in [1.82, 2.24) is 0 Å². The molecule has 0 amide bonds. The topological polar surface area (TPSA) is 46.2 Å². The number of unbranched alkanes of at least 4 members (excludes halogenated alkanes) is 3. The molecular formula is C18H21F2NO2S. The summed E-state index contributed by atoms with van der Waals surface area (Å²) in [4.78, 5) is 0.0875. The van der Waals surface area contributed by atoms with Gasteiger partial charge < -0.3 is 0 Å². The molecule has 0 heterocycles. The Labute approximate surface area is 141 Å². The zero-order chi connectivity index (χ0) is 17.6. The van der Waals surface area contributed by atoms with Gasteiger partial charge >= 0.3 is 0 Å². The molecule has 2 aromatic carbocycles. The minimum atomic E-state index is -3.83. The van der Waals surface area contributed by atoms with Crippen molar-refractivity contribution < 1.29 is 17.2 Å². The SMILES string of the molecule is CCCCCCc1ccc(S(=O)(=O)Nc2ccc(F)c(F)c2)cc1. The molecule has 0 fully saturated rings. The van der Waals surface area contributed by atoms with Gasteiger partial charge in [0.15, 0.2) is 11.6 Å². The van der Waals surface area contributed by atoms with Crippen LogP contribution < -0.4 is 4.72 Å². The Morgan fingerprint density at radius 1 is 0.917 bits per heavy atom. The average Bonchev–Trinajstić information content (AvgIpc) is 2.55. The molecule has 2 aromatic rings. The van der Waals surface area contributed by atoms with E-state index in [9.17, 15) is 17.2 Å². The Bertz CT molecular complexity index is 774. The fourth-order valence-electron chi connectivity index (χ4n) is 2.36. The molecule has 1 N–H and O–H groups in total. The Morgan fingerprint density at radius 3 is 2.25 bits per heavy atom. The van der Waals surface area contributed by atoms with Crippen LogP contribution in [0.15, 0.2) is 47.4 Å². The van der Waals surface area contributed by atoms with Crippen molar-refractivity contribution in [2.24, 2.45) is 0 Å². The number of aryl methyl sites for hydroxylation is 1.